The first-order valence-electron chi connectivity index (χ1n) is 8.72. The molecule has 1 aliphatic carbocycles. The second-order valence-corrected chi connectivity index (χ2v) is 6.89. The van der Waals surface area contributed by atoms with Crippen molar-refractivity contribution in [2.45, 2.75) is 64.1 Å². The highest BCUT2D eigenvalue weighted by Gasteiger charge is 2.32. The summed E-state index contributed by atoms with van der Waals surface area (Å²) in [4.78, 5) is 2.66. The number of hydrogen-bond acceptors (Lipinski definition) is 3. The molecule has 4 heteroatoms. The molecule has 1 saturated carbocycles. The van der Waals surface area contributed by atoms with Crippen LogP contribution in [0.2, 0.25) is 0 Å². The van der Waals surface area contributed by atoms with Gasteiger partial charge in [0.1, 0.15) is 0 Å². The maximum atomic E-state index is 4.57. The summed E-state index contributed by atoms with van der Waals surface area (Å²) in [5.41, 5.74) is 1.21. The fourth-order valence-electron chi connectivity index (χ4n) is 4.09. The van der Waals surface area contributed by atoms with Crippen LogP contribution in [0.1, 0.15) is 51.1 Å². The van der Waals surface area contributed by atoms with Gasteiger partial charge in [-0.15, -0.1) is 0 Å². The van der Waals surface area contributed by atoms with E-state index in [2.05, 4.69) is 34.5 Å². The molecule has 2 fully saturated rings. The molecule has 1 aromatic rings. The molecule has 2 aliphatic rings. The van der Waals surface area contributed by atoms with Crippen LogP contribution >= 0.6 is 0 Å². The number of aryl methyl sites for hydroxylation is 1. The van der Waals surface area contributed by atoms with Crippen molar-refractivity contribution in [3.8, 4) is 0 Å². The van der Waals surface area contributed by atoms with Crippen LogP contribution in [0.25, 0.3) is 0 Å². The van der Waals surface area contributed by atoms with Crippen LogP contribution < -0.4 is 5.32 Å². The predicted molar refractivity (Wildman–Crippen MR) is 86.1 cm³/mol. The van der Waals surface area contributed by atoms with Crippen molar-refractivity contribution >= 4 is 0 Å². The molecule has 0 radical (unpaired) electrons. The lowest BCUT2D eigenvalue weighted by Gasteiger charge is -2.43. The molecule has 2 heterocycles. The number of aromatic nitrogens is 2. The highest BCUT2D eigenvalue weighted by Crippen LogP contribution is 2.29. The molecule has 4 nitrogen and oxygen atoms in total. The van der Waals surface area contributed by atoms with Gasteiger partial charge in [0.25, 0.3) is 0 Å². The maximum absolute atomic E-state index is 4.57. The van der Waals surface area contributed by atoms with Gasteiger partial charge in [-0.05, 0) is 31.2 Å². The molecular weight excluding hydrogens is 260 g/mol. The van der Waals surface area contributed by atoms with Crippen molar-refractivity contribution in [3.05, 3.63) is 18.0 Å². The molecular formula is C17H30N4. The van der Waals surface area contributed by atoms with Crippen molar-refractivity contribution in [1.82, 2.24) is 20.0 Å². The fourth-order valence-corrected chi connectivity index (χ4v) is 4.09. The van der Waals surface area contributed by atoms with Gasteiger partial charge in [-0.25, -0.2) is 0 Å². The van der Waals surface area contributed by atoms with Crippen LogP contribution in [0, 0.1) is 5.92 Å². The zero-order valence-corrected chi connectivity index (χ0v) is 13.6. The van der Waals surface area contributed by atoms with Gasteiger partial charge in [-0.1, -0.05) is 26.2 Å². The third-order valence-electron chi connectivity index (χ3n) is 5.39. The molecule has 0 amide bonds. The molecule has 1 saturated heterocycles. The van der Waals surface area contributed by atoms with E-state index in [0.717, 1.165) is 19.0 Å². The zero-order chi connectivity index (χ0) is 14.7. The van der Waals surface area contributed by atoms with E-state index in [4.69, 9.17) is 0 Å². The van der Waals surface area contributed by atoms with Crippen molar-refractivity contribution in [3.63, 3.8) is 0 Å². The Bertz CT molecular complexity index is 436. The summed E-state index contributed by atoms with van der Waals surface area (Å²) in [6.07, 6.45) is 10.4. The second-order valence-electron chi connectivity index (χ2n) is 6.89. The summed E-state index contributed by atoms with van der Waals surface area (Å²) in [6.45, 7) is 5.65. The van der Waals surface area contributed by atoms with Gasteiger partial charge >= 0.3 is 0 Å². The number of nitrogens with one attached hydrogen (secondary N) is 1. The predicted octanol–water partition coefficient (Wildman–Crippen LogP) is 2.55. The molecule has 2 atom stereocenters. The Morgan fingerprint density at radius 1 is 1.29 bits per heavy atom. The third kappa shape index (κ3) is 3.67. The van der Waals surface area contributed by atoms with Crippen LogP contribution in [-0.4, -0.2) is 39.9 Å². The lowest BCUT2D eigenvalue weighted by Crippen LogP contribution is -2.58. The van der Waals surface area contributed by atoms with Gasteiger partial charge in [-0.3, -0.25) is 9.58 Å². The quantitative estimate of drug-likeness (QED) is 0.925. The van der Waals surface area contributed by atoms with Gasteiger partial charge < -0.3 is 5.32 Å². The Morgan fingerprint density at radius 3 is 2.76 bits per heavy atom. The number of rotatable bonds is 4. The lowest BCUT2D eigenvalue weighted by atomic mass is 9.82. The smallest absolute Gasteiger partial charge is 0.0764 e. The lowest BCUT2D eigenvalue weighted by molar-refractivity contribution is 0.0861. The van der Waals surface area contributed by atoms with Gasteiger partial charge in [0.05, 0.1) is 5.69 Å². The first-order chi connectivity index (χ1) is 10.3. The van der Waals surface area contributed by atoms with E-state index in [0.29, 0.717) is 12.1 Å². The molecule has 0 aromatic carbocycles. The van der Waals surface area contributed by atoms with Crippen LogP contribution in [-0.2, 0) is 13.6 Å². The molecule has 1 aliphatic heterocycles. The normalized spacial score (nSPS) is 28.9. The number of hydrogen-bond donors (Lipinski definition) is 1. The molecule has 2 unspecified atom stereocenters. The van der Waals surface area contributed by atoms with Gasteiger partial charge in [0.15, 0.2) is 0 Å². The minimum atomic E-state index is 0.659. The van der Waals surface area contributed by atoms with Gasteiger partial charge in [0.2, 0.25) is 0 Å². The summed E-state index contributed by atoms with van der Waals surface area (Å²) in [5, 5.41) is 8.41. The Labute approximate surface area is 128 Å². The monoisotopic (exact) mass is 290 g/mol. The average molecular weight is 290 g/mol. The van der Waals surface area contributed by atoms with E-state index < -0.39 is 0 Å². The molecule has 21 heavy (non-hydrogen) atoms. The highest BCUT2D eigenvalue weighted by atomic mass is 15.3. The summed E-state index contributed by atoms with van der Waals surface area (Å²) in [6, 6.07) is 3.51. The Kier molecular flexibility index (Phi) is 4.96. The standard InChI is InChI=1S/C17H30N4/c1-3-16-11-18-17(14-7-5-4-6-8-14)13-21(16)12-15-9-10-20(2)19-15/h9-10,14,16-18H,3-8,11-13H2,1-2H3. The Morgan fingerprint density at radius 2 is 2.10 bits per heavy atom. The average Bonchev–Trinajstić information content (AvgIpc) is 2.93. The van der Waals surface area contributed by atoms with E-state index in [-0.39, 0.29) is 0 Å². The first kappa shape index (κ1) is 15.0. The molecule has 0 bridgehead atoms. The van der Waals surface area contributed by atoms with E-state index in [1.807, 2.05) is 11.7 Å². The summed E-state index contributed by atoms with van der Waals surface area (Å²) in [5.74, 6) is 0.891. The molecule has 118 valence electrons. The number of piperazine rings is 1. The van der Waals surface area contributed by atoms with E-state index in [9.17, 15) is 0 Å². The number of nitrogens with zero attached hydrogens (tertiary/aromatic N) is 3. The third-order valence-corrected chi connectivity index (χ3v) is 5.39. The second kappa shape index (κ2) is 6.93. The molecule has 3 rings (SSSR count). The Balaban J connectivity index is 1.63. The summed E-state index contributed by atoms with van der Waals surface area (Å²) in [7, 11) is 2.00. The van der Waals surface area contributed by atoms with Crippen molar-refractivity contribution in [2.75, 3.05) is 13.1 Å². The van der Waals surface area contributed by atoms with Crippen LogP contribution in [0.4, 0.5) is 0 Å². The van der Waals surface area contributed by atoms with Crippen molar-refractivity contribution < 1.29 is 0 Å². The van der Waals surface area contributed by atoms with Crippen LogP contribution in [0.3, 0.4) is 0 Å². The SMILES string of the molecule is CCC1CNC(C2CCCCC2)CN1Cc1ccn(C)n1. The summed E-state index contributed by atoms with van der Waals surface area (Å²) >= 11 is 0. The van der Waals surface area contributed by atoms with Crippen molar-refractivity contribution in [1.29, 1.82) is 0 Å². The highest BCUT2D eigenvalue weighted by molar-refractivity contribution is 5.01. The first-order valence-corrected chi connectivity index (χ1v) is 8.72. The van der Waals surface area contributed by atoms with Crippen molar-refractivity contribution in [2.24, 2.45) is 13.0 Å². The minimum absolute atomic E-state index is 0.659. The maximum Gasteiger partial charge on any atom is 0.0764 e. The van der Waals surface area contributed by atoms with E-state index in [1.54, 1.807) is 0 Å². The van der Waals surface area contributed by atoms with Crippen LogP contribution in [0.15, 0.2) is 12.3 Å². The van der Waals surface area contributed by atoms with E-state index >= 15 is 0 Å². The van der Waals surface area contributed by atoms with E-state index in [1.165, 1.54) is 50.8 Å². The fraction of sp³-hybridized carbons (Fsp3) is 0.824. The van der Waals surface area contributed by atoms with Gasteiger partial charge in [0, 0.05) is 45.0 Å². The molecule has 1 N–H and O–H groups in total. The minimum Gasteiger partial charge on any atom is -0.311 e. The van der Waals surface area contributed by atoms with Crippen LogP contribution in [0.5, 0.6) is 0 Å². The molecule has 1 aromatic heterocycles. The molecule has 0 spiro atoms. The largest absolute Gasteiger partial charge is 0.311 e. The van der Waals surface area contributed by atoms with Gasteiger partial charge in [-0.2, -0.15) is 5.10 Å². The summed E-state index contributed by atoms with van der Waals surface area (Å²) < 4.78 is 1.91. The Hall–Kier alpha value is -0.870. The zero-order valence-electron chi connectivity index (χ0n) is 13.6. The topological polar surface area (TPSA) is 33.1 Å².